The van der Waals surface area contributed by atoms with E-state index in [9.17, 15) is 17.2 Å². The number of hydrogen-bond acceptors (Lipinski definition) is 5. The number of methoxy groups -OCH3 is 1. The second-order valence-electron chi connectivity index (χ2n) is 6.49. The Morgan fingerprint density at radius 2 is 1.84 bits per heavy atom. The SMILES string of the molecule is CCn1c(OC)nnc1[C@@H](Cc1ccc(F)c(F)c1)NS(=O)(=O)c1ccc(Cl)c(Cl)c1. The maximum atomic E-state index is 13.7. The number of hydrogen-bond donors (Lipinski definition) is 1. The van der Waals surface area contributed by atoms with Crippen LogP contribution in [0.5, 0.6) is 6.01 Å². The fourth-order valence-electron chi connectivity index (χ4n) is 2.99. The van der Waals surface area contributed by atoms with Crippen LogP contribution in [0.1, 0.15) is 24.4 Å². The van der Waals surface area contributed by atoms with Gasteiger partial charge in [-0.3, -0.25) is 4.57 Å². The highest BCUT2D eigenvalue weighted by Crippen LogP contribution is 2.27. The molecule has 0 amide bonds. The summed E-state index contributed by atoms with van der Waals surface area (Å²) in [7, 11) is -2.68. The van der Waals surface area contributed by atoms with Gasteiger partial charge in [0, 0.05) is 6.54 Å². The van der Waals surface area contributed by atoms with E-state index in [0.717, 1.165) is 12.1 Å². The molecule has 3 aromatic rings. The van der Waals surface area contributed by atoms with E-state index < -0.39 is 27.7 Å². The van der Waals surface area contributed by atoms with Crippen molar-refractivity contribution in [1.29, 1.82) is 0 Å². The molecule has 166 valence electrons. The van der Waals surface area contributed by atoms with E-state index in [2.05, 4.69) is 14.9 Å². The number of aromatic nitrogens is 3. The van der Waals surface area contributed by atoms with Crippen LogP contribution < -0.4 is 9.46 Å². The summed E-state index contributed by atoms with van der Waals surface area (Å²) in [6, 6.07) is 6.42. The molecule has 7 nitrogen and oxygen atoms in total. The van der Waals surface area contributed by atoms with Crippen molar-refractivity contribution in [1.82, 2.24) is 19.5 Å². The van der Waals surface area contributed by atoms with Gasteiger partial charge in [-0.2, -0.15) is 0 Å². The van der Waals surface area contributed by atoms with E-state index in [1.807, 2.05) is 0 Å². The molecule has 0 aliphatic heterocycles. The van der Waals surface area contributed by atoms with Crippen molar-refractivity contribution in [3.8, 4) is 6.01 Å². The molecule has 0 unspecified atom stereocenters. The van der Waals surface area contributed by atoms with Crippen molar-refractivity contribution in [2.45, 2.75) is 30.8 Å². The topological polar surface area (TPSA) is 86.1 Å². The minimum absolute atomic E-state index is 0.0282. The van der Waals surface area contributed by atoms with Crippen LogP contribution in [0.2, 0.25) is 10.0 Å². The molecule has 2 aromatic carbocycles. The summed E-state index contributed by atoms with van der Waals surface area (Å²) in [4.78, 5) is -0.119. The summed E-state index contributed by atoms with van der Waals surface area (Å²) in [5, 5.41) is 8.23. The van der Waals surface area contributed by atoms with Crippen molar-refractivity contribution in [3.63, 3.8) is 0 Å². The molecule has 0 saturated heterocycles. The number of halogens is 4. The van der Waals surface area contributed by atoms with Crippen LogP contribution >= 0.6 is 23.2 Å². The highest BCUT2D eigenvalue weighted by Gasteiger charge is 2.28. The molecular weight excluding hydrogens is 473 g/mol. The maximum Gasteiger partial charge on any atom is 0.316 e. The molecule has 0 saturated carbocycles. The second kappa shape index (κ2) is 9.47. The van der Waals surface area contributed by atoms with Gasteiger partial charge in [0.2, 0.25) is 10.0 Å². The third-order valence-electron chi connectivity index (χ3n) is 4.48. The predicted molar refractivity (Wildman–Crippen MR) is 112 cm³/mol. The van der Waals surface area contributed by atoms with Crippen molar-refractivity contribution >= 4 is 33.2 Å². The normalized spacial score (nSPS) is 12.7. The molecule has 1 N–H and O–H groups in total. The number of ether oxygens (including phenoxy) is 1. The lowest BCUT2D eigenvalue weighted by Gasteiger charge is -2.19. The summed E-state index contributed by atoms with van der Waals surface area (Å²) in [6.45, 7) is 2.19. The molecule has 1 aromatic heterocycles. The number of sulfonamides is 1. The van der Waals surface area contributed by atoms with Crippen molar-refractivity contribution in [2.75, 3.05) is 7.11 Å². The lowest BCUT2D eigenvalue weighted by molar-refractivity contribution is 0.354. The Morgan fingerprint density at radius 3 is 2.45 bits per heavy atom. The van der Waals surface area contributed by atoms with Gasteiger partial charge in [-0.05, 0) is 49.2 Å². The van der Waals surface area contributed by atoms with Gasteiger partial charge in [0.05, 0.1) is 28.1 Å². The van der Waals surface area contributed by atoms with Crippen LogP contribution in [0, 0.1) is 11.6 Å². The standard InChI is InChI=1S/C19H18Cl2F2N4O3S/c1-3-27-18(24-25-19(27)30-2)17(9-11-4-7-15(22)16(23)8-11)26-31(28,29)12-5-6-13(20)14(21)10-12/h4-8,10,17,26H,3,9H2,1-2H3/t17-/m1/s1. The van der Waals surface area contributed by atoms with Crippen LogP contribution in [-0.2, 0) is 23.0 Å². The smallest absolute Gasteiger partial charge is 0.316 e. The van der Waals surface area contributed by atoms with Crippen molar-refractivity contribution in [3.05, 3.63) is 69.5 Å². The van der Waals surface area contributed by atoms with Gasteiger partial charge in [0.25, 0.3) is 0 Å². The van der Waals surface area contributed by atoms with Crippen LogP contribution in [0.3, 0.4) is 0 Å². The summed E-state index contributed by atoms with van der Waals surface area (Å²) in [6.07, 6.45) is -0.0282. The zero-order valence-corrected chi connectivity index (χ0v) is 18.8. The van der Waals surface area contributed by atoms with Crippen LogP contribution in [-0.4, -0.2) is 30.3 Å². The molecule has 1 atom stereocenters. The van der Waals surface area contributed by atoms with Gasteiger partial charge in [-0.15, -0.1) is 5.10 Å². The molecule has 0 aliphatic rings. The van der Waals surface area contributed by atoms with Crippen molar-refractivity contribution < 1.29 is 21.9 Å². The fourth-order valence-corrected chi connectivity index (χ4v) is 4.58. The lowest BCUT2D eigenvalue weighted by atomic mass is 10.1. The summed E-state index contributed by atoms with van der Waals surface area (Å²) in [5.41, 5.74) is 0.352. The van der Waals surface area contributed by atoms with Crippen LogP contribution in [0.25, 0.3) is 0 Å². The Morgan fingerprint density at radius 1 is 1.10 bits per heavy atom. The van der Waals surface area contributed by atoms with Crippen LogP contribution in [0.4, 0.5) is 8.78 Å². The molecule has 12 heteroatoms. The quantitative estimate of drug-likeness (QED) is 0.512. The molecule has 0 bridgehead atoms. The van der Waals surface area contributed by atoms with E-state index in [1.165, 1.54) is 31.4 Å². The number of benzene rings is 2. The highest BCUT2D eigenvalue weighted by atomic mass is 35.5. The first kappa shape index (κ1) is 23.4. The highest BCUT2D eigenvalue weighted by molar-refractivity contribution is 7.89. The minimum Gasteiger partial charge on any atom is -0.467 e. The first-order chi connectivity index (χ1) is 14.7. The van der Waals surface area contributed by atoms with Gasteiger partial charge in [0.15, 0.2) is 17.5 Å². The van der Waals surface area contributed by atoms with E-state index in [-0.39, 0.29) is 33.2 Å². The molecule has 0 fully saturated rings. The van der Waals surface area contributed by atoms with E-state index in [4.69, 9.17) is 27.9 Å². The first-order valence-electron chi connectivity index (χ1n) is 9.04. The van der Waals surface area contributed by atoms with Gasteiger partial charge in [-0.25, -0.2) is 21.9 Å². The average molecular weight is 491 g/mol. The maximum absolute atomic E-state index is 13.7. The van der Waals surface area contributed by atoms with Crippen LogP contribution in [0.15, 0.2) is 41.3 Å². The molecule has 0 spiro atoms. The molecule has 1 heterocycles. The zero-order valence-electron chi connectivity index (χ0n) is 16.4. The Kier molecular flexibility index (Phi) is 7.15. The fraction of sp³-hybridized carbons (Fsp3) is 0.263. The largest absolute Gasteiger partial charge is 0.467 e. The molecular formula is C19H18Cl2F2N4O3S. The van der Waals surface area contributed by atoms with Gasteiger partial charge >= 0.3 is 6.01 Å². The molecule has 3 rings (SSSR count). The van der Waals surface area contributed by atoms with E-state index in [0.29, 0.717) is 12.1 Å². The van der Waals surface area contributed by atoms with E-state index >= 15 is 0 Å². The Hall–Kier alpha value is -2.27. The monoisotopic (exact) mass is 490 g/mol. The van der Waals surface area contributed by atoms with Crippen molar-refractivity contribution in [2.24, 2.45) is 0 Å². The number of nitrogens with zero attached hydrogens (tertiary/aromatic N) is 3. The van der Waals surface area contributed by atoms with Gasteiger partial charge in [-0.1, -0.05) is 34.4 Å². The van der Waals surface area contributed by atoms with Gasteiger partial charge in [0.1, 0.15) is 0 Å². The second-order valence-corrected chi connectivity index (χ2v) is 9.02. The van der Waals surface area contributed by atoms with Gasteiger partial charge < -0.3 is 4.74 Å². The number of rotatable bonds is 8. The average Bonchev–Trinajstić information content (AvgIpc) is 3.15. The molecule has 0 radical (unpaired) electrons. The molecule has 31 heavy (non-hydrogen) atoms. The first-order valence-corrected chi connectivity index (χ1v) is 11.3. The summed E-state index contributed by atoms with van der Waals surface area (Å²) < 4.78 is 62.4. The Bertz CT molecular complexity index is 1200. The third kappa shape index (κ3) is 5.15. The molecule has 0 aliphatic carbocycles. The van der Waals surface area contributed by atoms with E-state index in [1.54, 1.807) is 11.5 Å². The zero-order chi connectivity index (χ0) is 22.8. The summed E-state index contributed by atoms with van der Waals surface area (Å²) in [5.74, 6) is -1.80. The predicted octanol–water partition coefficient (Wildman–Crippen LogP) is 4.15. The third-order valence-corrected chi connectivity index (χ3v) is 6.69. The lowest BCUT2D eigenvalue weighted by Crippen LogP contribution is -2.32. The Labute approximate surface area is 188 Å². The Balaban J connectivity index is 2.03. The minimum atomic E-state index is -4.09. The number of nitrogens with one attached hydrogen (secondary N) is 1. The summed E-state index contributed by atoms with van der Waals surface area (Å²) >= 11 is 11.8.